The highest BCUT2D eigenvalue weighted by molar-refractivity contribution is 9.10. The van der Waals surface area contributed by atoms with Gasteiger partial charge in [0.25, 0.3) is 0 Å². The number of rotatable bonds is 4. The number of aromatic hydroxyl groups is 1. The van der Waals surface area contributed by atoms with Crippen molar-refractivity contribution in [2.75, 3.05) is 11.1 Å². The van der Waals surface area contributed by atoms with E-state index in [9.17, 15) is 9.90 Å². The van der Waals surface area contributed by atoms with Crippen LogP contribution in [0, 0.1) is 6.92 Å². The molecule has 20 heavy (non-hydrogen) atoms. The number of aryl methyl sites for hydroxylation is 1. The van der Waals surface area contributed by atoms with Crippen LogP contribution in [-0.4, -0.2) is 16.8 Å². The van der Waals surface area contributed by atoms with Crippen molar-refractivity contribution in [2.45, 2.75) is 11.8 Å². The number of hydrogen-bond acceptors (Lipinski definition) is 3. The van der Waals surface area contributed by atoms with Crippen LogP contribution in [-0.2, 0) is 4.79 Å². The molecule has 0 spiro atoms. The predicted octanol–water partition coefficient (Wildman–Crippen LogP) is 4.19. The smallest absolute Gasteiger partial charge is 0.234 e. The third-order valence-electron chi connectivity index (χ3n) is 2.61. The predicted molar refractivity (Wildman–Crippen MR) is 86.3 cm³/mol. The number of phenols is 1. The van der Waals surface area contributed by atoms with Crippen LogP contribution in [0.5, 0.6) is 5.75 Å². The van der Waals surface area contributed by atoms with Gasteiger partial charge in [0.2, 0.25) is 5.91 Å². The standard InChI is InChI=1S/C15H14BrNO2S/c1-10-2-7-14(18)13(8-10)17-15(19)9-20-12-5-3-11(16)4-6-12/h2-8,18H,9H2,1H3,(H,17,19). The van der Waals surface area contributed by atoms with Gasteiger partial charge < -0.3 is 10.4 Å². The number of hydrogen-bond donors (Lipinski definition) is 2. The fourth-order valence-corrected chi connectivity index (χ4v) is 2.58. The number of benzene rings is 2. The molecule has 0 aromatic heterocycles. The Hall–Kier alpha value is -1.46. The third-order valence-corrected chi connectivity index (χ3v) is 4.15. The molecule has 3 nitrogen and oxygen atoms in total. The fraction of sp³-hybridized carbons (Fsp3) is 0.133. The molecule has 1 amide bonds. The molecular weight excluding hydrogens is 338 g/mol. The Kier molecular flexibility index (Phi) is 5.09. The number of carbonyl (C=O) groups excluding carboxylic acids is 1. The summed E-state index contributed by atoms with van der Waals surface area (Å²) >= 11 is 4.82. The molecule has 0 aliphatic carbocycles. The maximum atomic E-state index is 11.9. The van der Waals surface area contributed by atoms with Crippen LogP contribution in [0.1, 0.15) is 5.56 Å². The van der Waals surface area contributed by atoms with E-state index in [1.807, 2.05) is 31.2 Å². The molecule has 2 aromatic carbocycles. The van der Waals surface area contributed by atoms with Crippen molar-refractivity contribution < 1.29 is 9.90 Å². The Morgan fingerprint density at radius 1 is 1.25 bits per heavy atom. The molecule has 0 aliphatic heterocycles. The molecule has 2 rings (SSSR count). The fourth-order valence-electron chi connectivity index (χ4n) is 1.62. The normalized spacial score (nSPS) is 10.3. The molecule has 0 saturated heterocycles. The monoisotopic (exact) mass is 351 g/mol. The lowest BCUT2D eigenvalue weighted by Crippen LogP contribution is -2.14. The zero-order chi connectivity index (χ0) is 14.5. The minimum atomic E-state index is -0.140. The summed E-state index contributed by atoms with van der Waals surface area (Å²) in [6.45, 7) is 1.91. The first-order valence-electron chi connectivity index (χ1n) is 6.02. The Labute approximate surface area is 130 Å². The van der Waals surface area contributed by atoms with Crippen molar-refractivity contribution in [1.82, 2.24) is 0 Å². The van der Waals surface area contributed by atoms with Crippen LogP contribution < -0.4 is 5.32 Å². The molecule has 2 aromatic rings. The molecule has 0 bridgehead atoms. The van der Waals surface area contributed by atoms with Crippen molar-refractivity contribution in [1.29, 1.82) is 0 Å². The Balaban J connectivity index is 1.92. The number of thioether (sulfide) groups is 1. The summed E-state index contributed by atoms with van der Waals surface area (Å²) in [5.41, 5.74) is 1.44. The number of anilines is 1. The van der Waals surface area contributed by atoms with Crippen LogP contribution in [0.2, 0.25) is 0 Å². The second-order valence-corrected chi connectivity index (χ2v) is 6.28. The topological polar surface area (TPSA) is 49.3 Å². The maximum absolute atomic E-state index is 11.9. The highest BCUT2D eigenvalue weighted by Gasteiger charge is 2.07. The van der Waals surface area contributed by atoms with Gasteiger partial charge in [-0.1, -0.05) is 22.0 Å². The highest BCUT2D eigenvalue weighted by atomic mass is 79.9. The molecule has 0 atom stereocenters. The lowest BCUT2D eigenvalue weighted by atomic mass is 10.2. The van der Waals surface area contributed by atoms with Gasteiger partial charge in [-0.05, 0) is 48.9 Å². The quantitative estimate of drug-likeness (QED) is 0.641. The Morgan fingerprint density at radius 3 is 2.65 bits per heavy atom. The van der Waals surface area contributed by atoms with E-state index in [0.717, 1.165) is 14.9 Å². The van der Waals surface area contributed by atoms with E-state index in [1.54, 1.807) is 18.2 Å². The highest BCUT2D eigenvalue weighted by Crippen LogP contribution is 2.25. The molecule has 2 N–H and O–H groups in total. The minimum Gasteiger partial charge on any atom is -0.506 e. The van der Waals surface area contributed by atoms with Crippen LogP contribution in [0.3, 0.4) is 0 Å². The molecule has 0 fully saturated rings. The van der Waals surface area contributed by atoms with E-state index in [2.05, 4.69) is 21.2 Å². The summed E-state index contributed by atoms with van der Waals surface area (Å²) in [5.74, 6) is 0.242. The number of halogens is 1. The van der Waals surface area contributed by atoms with Gasteiger partial charge in [-0.15, -0.1) is 11.8 Å². The molecule has 0 heterocycles. The van der Waals surface area contributed by atoms with Gasteiger partial charge in [-0.3, -0.25) is 4.79 Å². The lowest BCUT2D eigenvalue weighted by Gasteiger charge is -2.08. The number of nitrogens with one attached hydrogen (secondary N) is 1. The minimum absolute atomic E-state index is 0.0811. The SMILES string of the molecule is Cc1ccc(O)c(NC(=O)CSc2ccc(Br)cc2)c1. The molecule has 5 heteroatoms. The van der Waals surface area contributed by atoms with Crippen molar-refractivity contribution >= 4 is 39.3 Å². The molecule has 0 unspecified atom stereocenters. The van der Waals surface area contributed by atoms with E-state index in [0.29, 0.717) is 11.4 Å². The van der Waals surface area contributed by atoms with E-state index in [-0.39, 0.29) is 11.7 Å². The van der Waals surface area contributed by atoms with Gasteiger partial charge >= 0.3 is 0 Å². The average molecular weight is 352 g/mol. The maximum Gasteiger partial charge on any atom is 0.234 e. The number of amides is 1. The number of carbonyl (C=O) groups is 1. The van der Waals surface area contributed by atoms with Crippen LogP contribution in [0.4, 0.5) is 5.69 Å². The second kappa shape index (κ2) is 6.81. The average Bonchev–Trinajstić information content (AvgIpc) is 2.42. The summed E-state index contributed by atoms with van der Waals surface area (Å²) in [4.78, 5) is 12.9. The summed E-state index contributed by atoms with van der Waals surface area (Å²) in [5, 5.41) is 12.4. The summed E-state index contributed by atoms with van der Waals surface area (Å²) in [6.07, 6.45) is 0. The molecule has 104 valence electrons. The van der Waals surface area contributed by atoms with Crippen molar-refractivity contribution in [3.8, 4) is 5.75 Å². The molecular formula is C15H14BrNO2S. The van der Waals surface area contributed by atoms with Crippen molar-refractivity contribution in [3.63, 3.8) is 0 Å². The first-order valence-corrected chi connectivity index (χ1v) is 7.80. The zero-order valence-corrected chi connectivity index (χ0v) is 13.3. The zero-order valence-electron chi connectivity index (χ0n) is 10.9. The third kappa shape index (κ3) is 4.28. The summed E-state index contributed by atoms with van der Waals surface area (Å²) in [7, 11) is 0. The summed E-state index contributed by atoms with van der Waals surface area (Å²) < 4.78 is 1.01. The van der Waals surface area contributed by atoms with Crippen LogP contribution >= 0.6 is 27.7 Å². The van der Waals surface area contributed by atoms with Gasteiger partial charge in [-0.2, -0.15) is 0 Å². The first-order chi connectivity index (χ1) is 9.54. The Bertz CT molecular complexity index is 614. The van der Waals surface area contributed by atoms with Gasteiger partial charge in [0, 0.05) is 9.37 Å². The van der Waals surface area contributed by atoms with Crippen LogP contribution in [0.15, 0.2) is 51.8 Å². The van der Waals surface area contributed by atoms with E-state index < -0.39 is 0 Å². The summed E-state index contributed by atoms with van der Waals surface area (Å²) in [6, 6.07) is 12.9. The van der Waals surface area contributed by atoms with Gasteiger partial charge in [0.15, 0.2) is 0 Å². The largest absolute Gasteiger partial charge is 0.506 e. The Morgan fingerprint density at radius 2 is 1.95 bits per heavy atom. The molecule has 0 saturated carbocycles. The number of phenolic OH excluding ortho intramolecular Hbond substituents is 1. The van der Waals surface area contributed by atoms with Crippen molar-refractivity contribution in [3.05, 3.63) is 52.5 Å². The van der Waals surface area contributed by atoms with E-state index in [1.165, 1.54) is 11.8 Å². The molecule has 0 aliphatic rings. The van der Waals surface area contributed by atoms with E-state index >= 15 is 0 Å². The lowest BCUT2D eigenvalue weighted by molar-refractivity contribution is -0.113. The molecule has 0 radical (unpaired) electrons. The van der Waals surface area contributed by atoms with Gasteiger partial charge in [-0.25, -0.2) is 0 Å². The first kappa shape index (κ1) is 14.9. The second-order valence-electron chi connectivity index (χ2n) is 4.31. The van der Waals surface area contributed by atoms with Gasteiger partial charge in [0.05, 0.1) is 11.4 Å². The van der Waals surface area contributed by atoms with Gasteiger partial charge in [0.1, 0.15) is 5.75 Å². The van der Waals surface area contributed by atoms with E-state index in [4.69, 9.17) is 0 Å². The van der Waals surface area contributed by atoms with Crippen LogP contribution in [0.25, 0.3) is 0 Å². The van der Waals surface area contributed by atoms with Crippen molar-refractivity contribution in [2.24, 2.45) is 0 Å².